The van der Waals surface area contributed by atoms with Gasteiger partial charge in [-0.15, -0.1) is 0 Å². The highest BCUT2D eigenvalue weighted by molar-refractivity contribution is 5.84. The summed E-state index contributed by atoms with van der Waals surface area (Å²) in [5, 5.41) is 18.4. The van der Waals surface area contributed by atoms with Crippen LogP contribution in [0.25, 0.3) is 0 Å². The number of hydrogen-bond acceptors (Lipinski definition) is 4. The van der Waals surface area contributed by atoms with Crippen molar-refractivity contribution in [1.29, 1.82) is 0 Å². The zero-order chi connectivity index (χ0) is 15.2. The molecular weight excluding hydrogens is 266 g/mol. The van der Waals surface area contributed by atoms with E-state index < -0.39 is 41.5 Å². The third kappa shape index (κ3) is 2.44. The predicted molar refractivity (Wildman–Crippen MR) is 67.1 cm³/mol. The molecule has 1 saturated heterocycles. The quantitative estimate of drug-likeness (QED) is 0.789. The summed E-state index contributed by atoms with van der Waals surface area (Å²) >= 11 is 0. The number of piperidine rings is 1. The highest BCUT2D eigenvalue weighted by Gasteiger charge is 2.58. The van der Waals surface area contributed by atoms with Gasteiger partial charge >= 0.3 is 18.0 Å². The first-order chi connectivity index (χ1) is 9.11. The third-order valence-corrected chi connectivity index (χ3v) is 3.86. The Hall–Kier alpha value is -1.79. The average molecular weight is 285 g/mol. The van der Waals surface area contributed by atoms with Crippen molar-refractivity contribution in [2.24, 2.45) is 11.8 Å². The number of hydrogen-bond donors (Lipinski definition) is 2. The monoisotopic (exact) mass is 285 g/mol. The summed E-state index contributed by atoms with van der Waals surface area (Å²) < 4.78 is 5.23. The number of carbonyl (C=O) groups is 3. The molecule has 1 amide bonds. The number of aliphatic carboxylic acids is 2. The van der Waals surface area contributed by atoms with Crippen LogP contribution >= 0.6 is 0 Å². The summed E-state index contributed by atoms with van der Waals surface area (Å²) in [6, 6.07) is -1.47. The van der Waals surface area contributed by atoms with Gasteiger partial charge in [-0.3, -0.25) is 9.69 Å². The van der Waals surface area contributed by atoms with Crippen LogP contribution in [0.3, 0.4) is 0 Å². The molecule has 0 aromatic carbocycles. The summed E-state index contributed by atoms with van der Waals surface area (Å²) in [7, 11) is 0. The average Bonchev–Trinajstić information content (AvgIpc) is 2.82. The fraction of sp³-hybridized carbons (Fsp3) is 0.769. The Morgan fingerprint density at radius 3 is 2.15 bits per heavy atom. The number of ether oxygens (including phenoxy) is 1. The Balaban J connectivity index is 2.21. The fourth-order valence-electron chi connectivity index (χ4n) is 3.22. The standard InChI is InChI=1S/C13H19NO6/c1-13(2,3)20-12(19)14-6-4-7(9(14)11(17)18)8(5-6)10(15)16/h6-9H,4-5H2,1-3H3,(H,15,16)(H,17,18)/t6-,7+,8-,9-/m1/s1. The summed E-state index contributed by atoms with van der Waals surface area (Å²) in [4.78, 5) is 35.9. The highest BCUT2D eigenvalue weighted by Crippen LogP contribution is 2.47. The van der Waals surface area contributed by atoms with Crippen LogP contribution in [0.2, 0.25) is 0 Å². The number of carbonyl (C=O) groups excluding carboxylic acids is 1. The number of carboxylic acid groups (broad SMARTS) is 2. The van der Waals surface area contributed by atoms with E-state index in [1.807, 2.05) is 0 Å². The van der Waals surface area contributed by atoms with Gasteiger partial charge in [0.05, 0.1) is 5.92 Å². The number of rotatable bonds is 2. The molecule has 1 heterocycles. The zero-order valence-corrected chi connectivity index (χ0v) is 11.7. The van der Waals surface area contributed by atoms with Gasteiger partial charge in [0, 0.05) is 12.0 Å². The molecule has 2 bridgehead atoms. The molecule has 2 aliphatic rings. The third-order valence-electron chi connectivity index (χ3n) is 3.86. The lowest BCUT2D eigenvalue weighted by Gasteiger charge is -2.36. The molecule has 7 heteroatoms. The lowest BCUT2D eigenvalue weighted by molar-refractivity contribution is -0.151. The summed E-state index contributed by atoms with van der Waals surface area (Å²) in [6.07, 6.45) is 0.0252. The Morgan fingerprint density at radius 2 is 1.70 bits per heavy atom. The first-order valence-electron chi connectivity index (χ1n) is 6.58. The summed E-state index contributed by atoms with van der Waals surface area (Å²) in [6.45, 7) is 5.11. The van der Waals surface area contributed by atoms with E-state index in [2.05, 4.69) is 0 Å². The molecule has 0 aromatic heterocycles. The normalized spacial score (nSPS) is 32.2. The molecule has 2 fully saturated rings. The maximum atomic E-state index is 12.1. The van der Waals surface area contributed by atoms with Crippen molar-refractivity contribution in [1.82, 2.24) is 4.90 Å². The first-order valence-corrected chi connectivity index (χ1v) is 6.58. The molecule has 2 N–H and O–H groups in total. The van der Waals surface area contributed by atoms with Gasteiger partial charge in [-0.1, -0.05) is 0 Å². The van der Waals surface area contributed by atoms with Gasteiger partial charge in [0.2, 0.25) is 0 Å². The molecule has 1 aliphatic carbocycles. The smallest absolute Gasteiger partial charge is 0.411 e. The summed E-state index contributed by atoms with van der Waals surface area (Å²) in [5.74, 6) is -3.40. The van der Waals surface area contributed by atoms with Crippen LogP contribution in [0.4, 0.5) is 4.79 Å². The van der Waals surface area contributed by atoms with Crippen LogP contribution in [0.5, 0.6) is 0 Å². The number of fused-ring (bicyclic) bond motifs is 2. The minimum atomic E-state index is -1.17. The lowest BCUT2D eigenvalue weighted by atomic mass is 9.88. The number of carboxylic acids is 2. The van der Waals surface area contributed by atoms with Crippen molar-refractivity contribution in [3.8, 4) is 0 Å². The number of amides is 1. The van der Waals surface area contributed by atoms with Crippen molar-refractivity contribution in [3.05, 3.63) is 0 Å². The van der Waals surface area contributed by atoms with Crippen LogP contribution < -0.4 is 0 Å². The van der Waals surface area contributed by atoms with Crippen LogP contribution in [-0.4, -0.2) is 50.8 Å². The van der Waals surface area contributed by atoms with Gasteiger partial charge in [0.1, 0.15) is 11.6 Å². The maximum Gasteiger partial charge on any atom is 0.411 e. The molecular formula is C13H19NO6. The van der Waals surface area contributed by atoms with E-state index in [1.54, 1.807) is 20.8 Å². The molecule has 4 atom stereocenters. The van der Waals surface area contributed by atoms with E-state index in [0.717, 1.165) is 0 Å². The fourth-order valence-corrected chi connectivity index (χ4v) is 3.22. The topological polar surface area (TPSA) is 104 Å². The zero-order valence-electron chi connectivity index (χ0n) is 11.7. The van der Waals surface area contributed by atoms with Crippen LogP contribution in [0.1, 0.15) is 33.6 Å². The second-order valence-corrected chi connectivity index (χ2v) is 6.40. The second-order valence-electron chi connectivity index (χ2n) is 6.40. The molecule has 0 aromatic rings. The van der Waals surface area contributed by atoms with E-state index >= 15 is 0 Å². The largest absolute Gasteiger partial charge is 0.481 e. The van der Waals surface area contributed by atoms with E-state index in [0.29, 0.717) is 12.8 Å². The number of likely N-dealkylation sites (tertiary alicyclic amines) is 1. The van der Waals surface area contributed by atoms with Crippen molar-refractivity contribution < 1.29 is 29.3 Å². The van der Waals surface area contributed by atoms with E-state index in [1.165, 1.54) is 4.90 Å². The minimum absolute atomic E-state index is 0.295. The maximum absolute atomic E-state index is 12.1. The molecule has 1 saturated carbocycles. The minimum Gasteiger partial charge on any atom is -0.481 e. The van der Waals surface area contributed by atoms with Crippen molar-refractivity contribution >= 4 is 18.0 Å². The summed E-state index contributed by atoms with van der Waals surface area (Å²) in [5.41, 5.74) is -0.714. The molecule has 0 radical (unpaired) electrons. The number of nitrogens with zero attached hydrogens (tertiary/aromatic N) is 1. The van der Waals surface area contributed by atoms with Gasteiger partial charge in [-0.2, -0.15) is 0 Å². The highest BCUT2D eigenvalue weighted by atomic mass is 16.6. The van der Waals surface area contributed by atoms with E-state index in [4.69, 9.17) is 9.84 Å². The molecule has 0 spiro atoms. The molecule has 7 nitrogen and oxygen atoms in total. The predicted octanol–water partition coefficient (Wildman–Crippen LogP) is 1.17. The van der Waals surface area contributed by atoms with Gasteiger partial charge in [-0.25, -0.2) is 9.59 Å². The van der Waals surface area contributed by atoms with Crippen LogP contribution in [-0.2, 0) is 14.3 Å². The second kappa shape index (κ2) is 4.64. The van der Waals surface area contributed by atoms with Crippen molar-refractivity contribution in [3.63, 3.8) is 0 Å². The molecule has 2 rings (SSSR count). The Labute approximate surface area is 116 Å². The van der Waals surface area contributed by atoms with Gasteiger partial charge in [-0.05, 0) is 33.6 Å². The molecule has 112 valence electrons. The van der Waals surface area contributed by atoms with Gasteiger partial charge in [0.15, 0.2) is 0 Å². The van der Waals surface area contributed by atoms with Gasteiger partial charge < -0.3 is 14.9 Å². The SMILES string of the molecule is CC(C)(C)OC(=O)N1[C@@H]2C[C@@H]([C@H](C(=O)O)C2)[C@@H]1C(=O)O. The van der Waals surface area contributed by atoms with Crippen LogP contribution in [0, 0.1) is 11.8 Å². The van der Waals surface area contributed by atoms with Crippen molar-refractivity contribution in [2.45, 2.75) is 51.3 Å². The molecule has 1 aliphatic heterocycles. The Bertz CT molecular complexity index is 454. The van der Waals surface area contributed by atoms with E-state index in [-0.39, 0.29) is 6.04 Å². The van der Waals surface area contributed by atoms with Gasteiger partial charge in [0.25, 0.3) is 0 Å². The van der Waals surface area contributed by atoms with Crippen molar-refractivity contribution in [2.75, 3.05) is 0 Å². The first kappa shape index (κ1) is 14.6. The Morgan fingerprint density at radius 1 is 1.10 bits per heavy atom. The van der Waals surface area contributed by atoms with Crippen LogP contribution in [0.15, 0.2) is 0 Å². The molecule has 0 unspecified atom stereocenters. The van der Waals surface area contributed by atoms with E-state index in [9.17, 15) is 19.5 Å². The molecule has 20 heavy (non-hydrogen) atoms. The Kier molecular flexibility index (Phi) is 3.39. The lowest BCUT2D eigenvalue weighted by Crippen LogP contribution is -2.53.